The fourth-order valence-electron chi connectivity index (χ4n) is 3.85. The number of carbonyl (C=O) groups is 1. The molecule has 3 aromatic rings. The van der Waals surface area contributed by atoms with Gasteiger partial charge in [0.25, 0.3) is 0 Å². The predicted octanol–water partition coefficient (Wildman–Crippen LogP) is 2.85. The summed E-state index contributed by atoms with van der Waals surface area (Å²) in [6.45, 7) is 5.54. The molecule has 1 fully saturated rings. The van der Waals surface area contributed by atoms with Gasteiger partial charge in [0, 0.05) is 42.1 Å². The van der Waals surface area contributed by atoms with E-state index >= 15 is 0 Å². The summed E-state index contributed by atoms with van der Waals surface area (Å²) in [6, 6.07) is 4.10. The van der Waals surface area contributed by atoms with E-state index in [-0.39, 0.29) is 5.91 Å². The standard InChI is InChI=1S/C19H23N5O/c1-12-16(13(2)23-22-12)10-18(25)24-8-5-14(6-9-24)17-11-21-19-15(17)4-3-7-20-19/h3-4,7,11,14H,5-6,8-10H2,1-2H3,(H,20,21)(H,22,23). The molecule has 0 spiro atoms. The lowest BCUT2D eigenvalue weighted by Crippen LogP contribution is -2.38. The summed E-state index contributed by atoms with van der Waals surface area (Å²) in [5.74, 6) is 0.686. The van der Waals surface area contributed by atoms with Crippen LogP contribution < -0.4 is 0 Å². The first-order valence-corrected chi connectivity index (χ1v) is 8.83. The van der Waals surface area contributed by atoms with Crippen molar-refractivity contribution >= 4 is 16.9 Å². The molecule has 6 heteroatoms. The van der Waals surface area contributed by atoms with Crippen molar-refractivity contribution in [2.75, 3.05) is 13.1 Å². The molecule has 0 bridgehead atoms. The summed E-state index contributed by atoms with van der Waals surface area (Å²) in [4.78, 5) is 22.3. The number of carbonyl (C=O) groups excluding carboxylic acids is 1. The molecule has 0 unspecified atom stereocenters. The number of fused-ring (bicyclic) bond motifs is 1. The molecular weight excluding hydrogens is 314 g/mol. The van der Waals surface area contributed by atoms with Crippen LogP contribution in [0.1, 0.15) is 41.3 Å². The van der Waals surface area contributed by atoms with Gasteiger partial charge in [-0.15, -0.1) is 0 Å². The Morgan fingerprint density at radius 3 is 2.84 bits per heavy atom. The maximum Gasteiger partial charge on any atom is 0.227 e. The maximum atomic E-state index is 12.6. The van der Waals surface area contributed by atoms with E-state index in [0.717, 1.165) is 48.5 Å². The van der Waals surface area contributed by atoms with Crippen LogP contribution in [-0.2, 0) is 11.2 Å². The highest BCUT2D eigenvalue weighted by Gasteiger charge is 2.26. The summed E-state index contributed by atoms with van der Waals surface area (Å²) in [5.41, 5.74) is 5.23. The second-order valence-electron chi connectivity index (χ2n) is 6.89. The van der Waals surface area contributed by atoms with Crippen molar-refractivity contribution in [1.29, 1.82) is 0 Å². The Balaban J connectivity index is 1.42. The molecule has 4 heterocycles. The third-order valence-electron chi connectivity index (χ3n) is 5.38. The van der Waals surface area contributed by atoms with E-state index in [2.05, 4.69) is 32.4 Å². The number of hydrogen-bond acceptors (Lipinski definition) is 3. The number of likely N-dealkylation sites (tertiary alicyclic amines) is 1. The largest absolute Gasteiger partial charge is 0.346 e. The van der Waals surface area contributed by atoms with Gasteiger partial charge in [0.2, 0.25) is 5.91 Å². The van der Waals surface area contributed by atoms with E-state index in [0.29, 0.717) is 12.3 Å². The summed E-state index contributed by atoms with van der Waals surface area (Å²) in [6.07, 6.45) is 6.32. The van der Waals surface area contributed by atoms with Gasteiger partial charge in [-0.3, -0.25) is 9.89 Å². The fourth-order valence-corrected chi connectivity index (χ4v) is 3.85. The lowest BCUT2D eigenvalue weighted by atomic mass is 9.89. The highest BCUT2D eigenvalue weighted by atomic mass is 16.2. The Kier molecular flexibility index (Phi) is 4.03. The molecule has 0 radical (unpaired) electrons. The zero-order valence-electron chi connectivity index (χ0n) is 14.7. The second kappa shape index (κ2) is 6.35. The Morgan fingerprint density at radius 1 is 1.32 bits per heavy atom. The summed E-state index contributed by atoms with van der Waals surface area (Å²) >= 11 is 0. The van der Waals surface area contributed by atoms with E-state index in [4.69, 9.17) is 0 Å². The Bertz CT molecular complexity index is 882. The number of aromatic amines is 2. The third-order valence-corrected chi connectivity index (χ3v) is 5.38. The summed E-state index contributed by atoms with van der Waals surface area (Å²) in [5, 5.41) is 8.35. The van der Waals surface area contributed by atoms with Crippen molar-refractivity contribution in [1.82, 2.24) is 25.1 Å². The molecule has 1 aliphatic rings. The number of hydrogen-bond donors (Lipinski definition) is 2. The molecule has 25 heavy (non-hydrogen) atoms. The topological polar surface area (TPSA) is 77.7 Å². The molecular formula is C19H23N5O. The molecule has 4 rings (SSSR count). The van der Waals surface area contributed by atoms with Crippen LogP contribution in [0.3, 0.4) is 0 Å². The van der Waals surface area contributed by atoms with Gasteiger partial charge in [0.15, 0.2) is 0 Å². The molecule has 0 saturated carbocycles. The quantitative estimate of drug-likeness (QED) is 0.771. The molecule has 3 aromatic heterocycles. The van der Waals surface area contributed by atoms with E-state index in [1.807, 2.05) is 31.0 Å². The average Bonchev–Trinajstić information content (AvgIpc) is 3.20. The molecule has 6 nitrogen and oxygen atoms in total. The maximum absolute atomic E-state index is 12.6. The number of H-pyrrole nitrogens is 2. The number of nitrogens with one attached hydrogen (secondary N) is 2. The van der Waals surface area contributed by atoms with E-state index in [9.17, 15) is 4.79 Å². The molecule has 0 atom stereocenters. The Morgan fingerprint density at radius 2 is 2.12 bits per heavy atom. The molecule has 1 amide bonds. The van der Waals surface area contributed by atoms with Crippen molar-refractivity contribution in [3.8, 4) is 0 Å². The number of aryl methyl sites for hydroxylation is 2. The molecule has 130 valence electrons. The van der Waals surface area contributed by atoms with Crippen LogP contribution in [0.25, 0.3) is 11.0 Å². The number of amides is 1. The van der Waals surface area contributed by atoms with Crippen LogP contribution in [-0.4, -0.2) is 44.1 Å². The van der Waals surface area contributed by atoms with Crippen LogP contribution in [0.15, 0.2) is 24.5 Å². The summed E-state index contributed by atoms with van der Waals surface area (Å²) in [7, 11) is 0. The SMILES string of the molecule is Cc1n[nH]c(C)c1CC(=O)N1CCC(c2c[nH]c3ncccc23)CC1. The van der Waals surface area contributed by atoms with Crippen LogP contribution in [0.4, 0.5) is 0 Å². The lowest BCUT2D eigenvalue weighted by molar-refractivity contribution is -0.131. The van der Waals surface area contributed by atoms with E-state index in [1.165, 1.54) is 10.9 Å². The van der Waals surface area contributed by atoms with E-state index < -0.39 is 0 Å². The number of piperidine rings is 1. The van der Waals surface area contributed by atoms with Crippen molar-refractivity contribution in [2.45, 2.75) is 39.0 Å². The van der Waals surface area contributed by atoms with Crippen LogP contribution in [0.5, 0.6) is 0 Å². The lowest BCUT2D eigenvalue weighted by Gasteiger charge is -2.32. The van der Waals surface area contributed by atoms with Crippen LogP contribution in [0.2, 0.25) is 0 Å². The summed E-state index contributed by atoms with van der Waals surface area (Å²) < 4.78 is 0. The van der Waals surface area contributed by atoms with Gasteiger partial charge in [-0.1, -0.05) is 0 Å². The number of rotatable bonds is 3. The number of nitrogens with zero attached hydrogens (tertiary/aromatic N) is 3. The van der Waals surface area contributed by atoms with Gasteiger partial charge in [0.05, 0.1) is 12.1 Å². The highest BCUT2D eigenvalue weighted by molar-refractivity contribution is 5.81. The average molecular weight is 337 g/mol. The van der Waals surface area contributed by atoms with Gasteiger partial charge in [-0.2, -0.15) is 5.10 Å². The van der Waals surface area contributed by atoms with Crippen molar-refractivity contribution in [3.63, 3.8) is 0 Å². The van der Waals surface area contributed by atoms with E-state index in [1.54, 1.807) is 0 Å². The molecule has 1 saturated heterocycles. The van der Waals surface area contributed by atoms with Gasteiger partial charge < -0.3 is 9.88 Å². The zero-order valence-corrected chi connectivity index (χ0v) is 14.7. The highest BCUT2D eigenvalue weighted by Crippen LogP contribution is 2.32. The van der Waals surface area contributed by atoms with Gasteiger partial charge in [0.1, 0.15) is 5.65 Å². The minimum absolute atomic E-state index is 0.201. The molecule has 0 aromatic carbocycles. The molecule has 2 N–H and O–H groups in total. The predicted molar refractivity (Wildman–Crippen MR) is 96.4 cm³/mol. The Labute approximate surface area is 146 Å². The van der Waals surface area contributed by atoms with Crippen molar-refractivity contribution in [2.24, 2.45) is 0 Å². The first kappa shape index (κ1) is 15.9. The fraction of sp³-hybridized carbons (Fsp3) is 0.421. The second-order valence-corrected chi connectivity index (χ2v) is 6.89. The van der Waals surface area contributed by atoms with Crippen molar-refractivity contribution < 1.29 is 4.79 Å². The molecule has 1 aliphatic heterocycles. The van der Waals surface area contributed by atoms with Crippen LogP contribution in [0, 0.1) is 13.8 Å². The van der Waals surface area contributed by atoms with Gasteiger partial charge in [-0.05, 0) is 50.3 Å². The Hall–Kier alpha value is -2.63. The third kappa shape index (κ3) is 2.92. The minimum atomic E-state index is 0.201. The number of aromatic nitrogens is 4. The first-order valence-electron chi connectivity index (χ1n) is 8.83. The van der Waals surface area contributed by atoms with Gasteiger partial charge >= 0.3 is 0 Å². The minimum Gasteiger partial charge on any atom is -0.346 e. The monoisotopic (exact) mass is 337 g/mol. The van der Waals surface area contributed by atoms with Crippen LogP contribution >= 0.6 is 0 Å². The van der Waals surface area contributed by atoms with Crippen molar-refractivity contribution in [3.05, 3.63) is 47.0 Å². The smallest absolute Gasteiger partial charge is 0.227 e. The molecule has 0 aliphatic carbocycles. The number of pyridine rings is 1. The van der Waals surface area contributed by atoms with Gasteiger partial charge in [-0.25, -0.2) is 4.98 Å². The zero-order chi connectivity index (χ0) is 17.4. The first-order chi connectivity index (χ1) is 12.1. The normalized spacial score (nSPS) is 15.8.